The molecule has 0 amide bonds. The summed E-state index contributed by atoms with van der Waals surface area (Å²) in [7, 11) is 0. The molecule has 4 nitrogen and oxygen atoms in total. The van der Waals surface area contributed by atoms with Crippen LogP contribution < -0.4 is 4.90 Å². The second-order valence-electron chi connectivity index (χ2n) is 7.40. The van der Waals surface area contributed by atoms with Crippen LogP contribution in [-0.4, -0.2) is 43.7 Å². The maximum absolute atomic E-state index is 10.4. The fourth-order valence-electron chi connectivity index (χ4n) is 4.16. The van der Waals surface area contributed by atoms with E-state index in [1.165, 1.54) is 10.5 Å². The van der Waals surface area contributed by atoms with Crippen LogP contribution in [0.2, 0.25) is 0 Å². The standard InChI is InChI=1S/C24H26N2O2/c1-18(24(20-8-3-2-4-9-20)26-13-15-28-16-14-26)25-17-22-21-10-6-5-7-19(21)11-12-23(22)27/h2-12,17-18,24,27H,13-16H2,1H3/p+1/t18-,24-/m1/s1. The number of hydrogen-bond acceptors (Lipinski definition) is 3. The molecule has 2 N–H and O–H groups in total. The first-order valence-corrected chi connectivity index (χ1v) is 9.95. The zero-order chi connectivity index (χ0) is 19.3. The van der Waals surface area contributed by atoms with Crippen molar-refractivity contribution in [1.29, 1.82) is 0 Å². The number of rotatable bonds is 5. The lowest BCUT2D eigenvalue weighted by atomic mass is 9.98. The minimum atomic E-state index is 0.0777. The van der Waals surface area contributed by atoms with Crippen LogP contribution in [0.5, 0.6) is 5.75 Å². The van der Waals surface area contributed by atoms with Gasteiger partial charge in [0.25, 0.3) is 0 Å². The average molecular weight is 375 g/mol. The third-order valence-electron chi connectivity index (χ3n) is 5.60. The Bertz CT molecular complexity index is 949. The lowest BCUT2D eigenvalue weighted by Gasteiger charge is -2.33. The van der Waals surface area contributed by atoms with E-state index in [4.69, 9.17) is 9.73 Å². The number of aromatic hydroxyl groups is 1. The van der Waals surface area contributed by atoms with E-state index < -0.39 is 0 Å². The topological polar surface area (TPSA) is 46.3 Å². The van der Waals surface area contributed by atoms with Crippen molar-refractivity contribution in [3.8, 4) is 5.75 Å². The number of aliphatic imine (C=N–C) groups is 1. The van der Waals surface area contributed by atoms with Crippen molar-refractivity contribution in [2.75, 3.05) is 26.3 Å². The highest BCUT2D eigenvalue weighted by Crippen LogP contribution is 2.26. The normalized spacial score (nSPS) is 17.8. The third kappa shape index (κ3) is 3.93. The Balaban J connectivity index is 1.66. The van der Waals surface area contributed by atoms with Crippen molar-refractivity contribution in [2.45, 2.75) is 19.0 Å². The predicted octanol–water partition coefficient (Wildman–Crippen LogP) is 3.01. The molecule has 1 heterocycles. The predicted molar refractivity (Wildman–Crippen MR) is 113 cm³/mol. The zero-order valence-corrected chi connectivity index (χ0v) is 16.2. The molecule has 144 valence electrons. The third-order valence-corrected chi connectivity index (χ3v) is 5.60. The lowest BCUT2D eigenvalue weighted by Crippen LogP contribution is -3.15. The molecule has 2 atom stereocenters. The molecule has 0 aromatic heterocycles. The van der Waals surface area contributed by atoms with Gasteiger partial charge in [-0.15, -0.1) is 0 Å². The molecule has 0 aliphatic carbocycles. The molecule has 4 rings (SSSR count). The van der Waals surface area contributed by atoms with Crippen LogP contribution in [0.3, 0.4) is 0 Å². The Morgan fingerprint density at radius 2 is 1.68 bits per heavy atom. The average Bonchev–Trinajstić information content (AvgIpc) is 2.75. The minimum Gasteiger partial charge on any atom is -0.507 e. The second kappa shape index (κ2) is 8.55. The maximum atomic E-state index is 10.4. The van der Waals surface area contributed by atoms with Crippen molar-refractivity contribution < 1.29 is 14.7 Å². The summed E-state index contributed by atoms with van der Waals surface area (Å²) in [6.45, 7) is 5.72. The van der Waals surface area contributed by atoms with Crippen molar-refractivity contribution >= 4 is 17.0 Å². The van der Waals surface area contributed by atoms with Crippen molar-refractivity contribution in [3.05, 3.63) is 77.9 Å². The Labute approximate surface area is 166 Å². The summed E-state index contributed by atoms with van der Waals surface area (Å²) >= 11 is 0. The highest BCUT2D eigenvalue weighted by molar-refractivity contribution is 6.02. The second-order valence-corrected chi connectivity index (χ2v) is 7.40. The minimum absolute atomic E-state index is 0.0777. The van der Waals surface area contributed by atoms with E-state index in [0.717, 1.165) is 42.6 Å². The summed E-state index contributed by atoms with van der Waals surface area (Å²) in [4.78, 5) is 6.41. The van der Waals surface area contributed by atoms with Crippen LogP contribution in [0.25, 0.3) is 10.8 Å². The van der Waals surface area contributed by atoms with Gasteiger partial charge in [0, 0.05) is 17.3 Å². The van der Waals surface area contributed by atoms with E-state index in [9.17, 15) is 5.11 Å². The van der Waals surface area contributed by atoms with Gasteiger partial charge in [-0.05, 0) is 23.8 Å². The smallest absolute Gasteiger partial charge is 0.136 e. The molecule has 4 heteroatoms. The monoisotopic (exact) mass is 375 g/mol. The SMILES string of the molecule is C[C@@H](N=Cc1c(O)ccc2ccccc12)[C@H](c1ccccc1)[NH+]1CCOCC1. The molecule has 1 aliphatic rings. The molecule has 0 bridgehead atoms. The first-order chi connectivity index (χ1) is 13.7. The summed E-state index contributed by atoms with van der Waals surface area (Å²) in [6, 6.07) is 22.7. The zero-order valence-electron chi connectivity index (χ0n) is 16.2. The van der Waals surface area contributed by atoms with Gasteiger partial charge in [-0.1, -0.05) is 60.7 Å². The number of quaternary nitrogens is 1. The number of phenols is 1. The van der Waals surface area contributed by atoms with Crippen LogP contribution in [0, 0.1) is 0 Å². The fourth-order valence-corrected chi connectivity index (χ4v) is 4.16. The van der Waals surface area contributed by atoms with Crippen LogP contribution in [0.1, 0.15) is 24.1 Å². The van der Waals surface area contributed by atoms with Gasteiger partial charge in [-0.2, -0.15) is 0 Å². The molecule has 3 aromatic rings. The van der Waals surface area contributed by atoms with Gasteiger partial charge < -0.3 is 14.7 Å². The van der Waals surface area contributed by atoms with Gasteiger partial charge in [-0.25, -0.2) is 0 Å². The first kappa shape index (κ1) is 18.7. The Hall–Kier alpha value is -2.69. The van der Waals surface area contributed by atoms with Crippen molar-refractivity contribution in [3.63, 3.8) is 0 Å². The number of nitrogens with zero attached hydrogens (tertiary/aromatic N) is 1. The molecule has 3 aromatic carbocycles. The van der Waals surface area contributed by atoms with Gasteiger partial charge in [0.1, 0.15) is 30.9 Å². The Morgan fingerprint density at radius 1 is 0.964 bits per heavy atom. The number of benzene rings is 3. The molecular weight excluding hydrogens is 348 g/mol. The van der Waals surface area contributed by atoms with Gasteiger partial charge in [0.05, 0.1) is 13.2 Å². The van der Waals surface area contributed by atoms with Gasteiger partial charge in [0.15, 0.2) is 0 Å². The van der Waals surface area contributed by atoms with Crippen LogP contribution in [0.15, 0.2) is 71.7 Å². The van der Waals surface area contributed by atoms with Crippen LogP contribution >= 0.6 is 0 Å². The van der Waals surface area contributed by atoms with E-state index in [1.807, 2.05) is 30.5 Å². The Kier molecular flexibility index (Phi) is 5.70. The molecule has 0 spiro atoms. The Morgan fingerprint density at radius 3 is 2.46 bits per heavy atom. The molecule has 28 heavy (non-hydrogen) atoms. The maximum Gasteiger partial charge on any atom is 0.136 e. The molecule has 1 fully saturated rings. The number of hydrogen-bond donors (Lipinski definition) is 2. The van der Waals surface area contributed by atoms with Gasteiger partial charge >= 0.3 is 0 Å². The fraction of sp³-hybridized carbons (Fsp3) is 0.292. The number of ether oxygens (including phenoxy) is 1. The van der Waals surface area contributed by atoms with Gasteiger partial charge in [-0.3, -0.25) is 4.99 Å². The number of morpholine rings is 1. The largest absolute Gasteiger partial charge is 0.507 e. The van der Waals surface area contributed by atoms with E-state index in [-0.39, 0.29) is 17.8 Å². The molecule has 1 aliphatic heterocycles. The van der Waals surface area contributed by atoms with Crippen molar-refractivity contribution in [1.82, 2.24) is 0 Å². The van der Waals surface area contributed by atoms with E-state index in [1.54, 1.807) is 6.07 Å². The number of phenolic OH excluding ortho intramolecular Hbond substituents is 1. The van der Waals surface area contributed by atoms with E-state index in [0.29, 0.717) is 0 Å². The first-order valence-electron chi connectivity index (χ1n) is 9.95. The number of nitrogens with one attached hydrogen (secondary N) is 1. The quantitative estimate of drug-likeness (QED) is 0.674. The highest BCUT2D eigenvalue weighted by Gasteiger charge is 2.31. The van der Waals surface area contributed by atoms with E-state index >= 15 is 0 Å². The summed E-state index contributed by atoms with van der Waals surface area (Å²) in [5, 5.41) is 12.5. The van der Waals surface area contributed by atoms with Crippen LogP contribution in [0.4, 0.5) is 0 Å². The molecule has 0 radical (unpaired) electrons. The van der Waals surface area contributed by atoms with Crippen molar-refractivity contribution in [2.24, 2.45) is 4.99 Å². The highest BCUT2D eigenvalue weighted by atomic mass is 16.5. The summed E-state index contributed by atoms with van der Waals surface area (Å²) in [6.07, 6.45) is 1.85. The van der Waals surface area contributed by atoms with Crippen LogP contribution in [-0.2, 0) is 4.74 Å². The molecule has 0 saturated carbocycles. The molecular formula is C24H27N2O2+. The van der Waals surface area contributed by atoms with Gasteiger partial charge in [0.2, 0.25) is 0 Å². The van der Waals surface area contributed by atoms with E-state index in [2.05, 4.69) is 43.3 Å². The lowest BCUT2D eigenvalue weighted by molar-refractivity contribution is -0.940. The summed E-state index contributed by atoms with van der Waals surface area (Å²) in [5.41, 5.74) is 2.08. The number of fused-ring (bicyclic) bond motifs is 1. The molecule has 0 unspecified atom stereocenters. The molecule has 1 saturated heterocycles. The summed E-state index contributed by atoms with van der Waals surface area (Å²) in [5.74, 6) is 0.268. The summed E-state index contributed by atoms with van der Waals surface area (Å²) < 4.78 is 5.57.